The zero-order chi connectivity index (χ0) is 20.4. The van der Waals surface area contributed by atoms with Crippen molar-refractivity contribution in [3.8, 4) is 0 Å². The van der Waals surface area contributed by atoms with E-state index in [-0.39, 0.29) is 23.5 Å². The first-order valence-corrected chi connectivity index (χ1v) is 11.2. The molecule has 0 unspecified atom stereocenters. The third-order valence-corrected chi connectivity index (χ3v) is 7.06. The zero-order valence-electron chi connectivity index (χ0n) is 17.7. The van der Waals surface area contributed by atoms with E-state index in [9.17, 15) is 9.59 Å². The van der Waals surface area contributed by atoms with Gasteiger partial charge in [-0.1, -0.05) is 6.07 Å². The first kappa shape index (κ1) is 20.2. The van der Waals surface area contributed by atoms with Gasteiger partial charge in [0.1, 0.15) is 0 Å². The number of nitrogens with zero attached hydrogens (tertiary/aromatic N) is 2. The van der Waals surface area contributed by atoms with Crippen LogP contribution in [0.1, 0.15) is 64.4 Å². The Morgan fingerprint density at radius 2 is 1.83 bits per heavy atom. The van der Waals surface area contributed by atoms with Crippen LogP contribution in [-0.4, -0.2) is 39.9 Å². The number of carbonyl (C=O) groups excluding carboxylic acids is 2. The number of nitrogens with one attached hydrogen (secondary N) is 2. The number of hydrogen-bond donors (Lipinski definition) is 2. The van der Waals surface area contributed by atoms with Crippen LogP contribution in [0.2, 0.25) is 0 Å². The van der Waals surface area contributed by atoms with Gasteiger partial charge in [0.2, 0.25) is 5.91 Å². The van der Waals surface area contributed by atoms with Gasteiger partial charge < -0.3 is 15.5 Å². The van der Waals surface area contributed by atoms with E-state index in [4.69, 9.17) is 0 Å². The molecule has 0 aromatic carbocycles. The fourth-order valence-corrected chi connectivity index (χ4v) is 6.22. The number of rotatable bonds is 7. The minimum absolute atomic E-state index is 0.00706. The average molecular weight is 399 g/mol. The van der Waals surface area contributed by atoms with Gasteiger partial charge >= 0.3 is 6.03 Å². The van der Waals surface area contributed by atoms with Gasteiger partial charge in [0.15, 0.2) is 0 Å². The second kappa shape index (κ2) is 8.33. The van der Waals surface area contributed by atoms with Crippen LogP contribution in [0.3, 0.4) is 0 Å². The number of hydrogen-bond acceptors (Lipinski definition) is 3. The van der Waals surface area contributed by atoms with Crippen LogP contribution in [0.25, 0.3) is 0 Å². The molecule has 6 nitrogen and oxygen atoms in total. The SMILES string of the molecule is CC(C)N(Cc1cccnc1)C(=O)CCNC(=O)NC12CC3CC(CC(C3)C1)C2. The molecular weight excluding hydrogens is 364 g/mol. The normalized spacial score (nSPS) is 29.7. The molecule has 0 saturated heterocycles. The summed E-state index contributed by atoms with van der Waals surface area (Å²) >= 11 is 0. The van der Waals surface area contributed by atoms with Crippen molar-refractivity contribution >= 4 is 11.9 Å². The van der Waals surface area contributed by atoms with Crippen LogP contribution in [0.5, 0.6) is 0 Å². The molecule has 1 aromatic heterocycles. The first-order valence-electron chi connectivity index (χ1n) is 11.2. The van der Waals surface area contributed by atoms with Gasteiger partial charge in [0, 0.05) is 43.5 Å². The Morgan fingerprint density at radius 3 is 2.38 bits per heavy atom. The molecule has 0 atom stereocenters. The highest BCUT2D eigenvalue weighted by Crippen LogP contribution is 2.55. The van der Waals surface area contributed by atoms with Gasteiger partial charge in [0.05, 0.1) is 0 Å². The summed E-state index contributed by atoms with van der Waals surface area (Å²) in [5.41, 5.74) is 1.02. The molecule has 1 heterocycles. The monoisotopic (exact) mass is 398 g/mol. The van der Waals surface area contributed by atoms with Crippen LogP contribution in [0, 0.1) is 17.8 Å². The fourth-order valence-electron chi connectivity index (χ4n) is 6.22. The van der Waals surface area contributed by atoms with Gasteiger partial charge in [-0.15, -0.1) is 0 Å². The molecular formula is C23H34N4O2. The maximum absolute atomic E-state index is 12.7. The summed E-state index contributed by atoms with van der Waals surface area (Å²) in [7, 11) is 0. The number of pyridine rings is 1. The maximum atomic E-state index is 12.7. The van der Waals surface area contributed by atoms with Crippen molar-refractivity contribution < 1.29 is 9.59 Å². The molecule has 0 aliphatic heterocycles. The molecule has 4 saturated carbocycles. The number of carbonyl (C=O) groups is 2. The summed E-state index contributed by atoms with van der Waals surface area (Å²) in [5.74, 6) is 2.46. The van der Waals surface area contributed by atoms with Crippen LogP contribution in [0.15, 0.2) is 24.5 Å². The third-order valence-electron chi connectivity index (χ3n) is 7.06. The summed E-state index contributed by atoms with van der Waals surface area (Å²) in [4.78, 5) is 31.2. The lowest BCUT2D eigenvalue weighted by Crippen LogP contribution is -2.61. The van der Waals surface area contributed by atoms with Gasteiger partial charge in [-0.3, -0.25) is 9.78 Å². The Hall–Kier alpha value is -2.11. The van der Waals surface area contributed by atoms with Crippen molar-refractivity contribution in [1.29, 1.82) is 0 Å². The Balaban J connectivity index is 1.24. The average Bonchev–Trinajstić information content (AvgIpc) is 2.65. The predicted molar refractivity (Wildman–Crippen MR) is 112 cm³/mol. The first-order chi connectivity index (χ1) is 13.9. The molecule has 3 amide bonds. The van der Waals surface area contributed by atoms with Crippen molar-refractivity contribution in [1.82, 2.24) is 20.5 Å². The summed E-state index contributed by atoms with van der Waals surface area (Å²) < 4.78 is 0. The number of amides is 3. The van der Waals surface area contributed by atoms with E-state index >= 15 is 0 Å². The molecule has 2 N–H and O–H groups in total. The Labute approximate surface area is 173 Å². The highest BCUT2D eigenvalue weighted by atomic mass is 16.2. The minimum atomic E-state index is -0.108. The van der Waals surface area contributed by atoms with Crippen molar-refractivity contribution in [2.24, 2.45) is 17.8 Å². The largest absolute Gasteiger partial charge is 0.338 e. The molecule has 158 valence electrons. The molecule has 6 heteroatoms. The molecule has 4 fully saturated rings. The number of aromatic nitrogens is 1. The maximum Gasteiger partial charge on any atom is 0.315 e. The van der Waals surface area contributed by atoms with Crippen molar-refractivity contribution in [3.05, 3.63) is 30.1 Å². The van der Waals surface area contributed by atoms with E-state index in [1.165, 1.54) is 19.3 Å². The molecule has 1 aromatic rings. The predicted octanol–water partition coefficient (Wildman–Crippen LogP) is 3.48. The molecule has 4 aliphatic carbocycles. The molecule has 4 bridgehead atoms. The van der Waals surface area contributed by atoms with Crippen LogP contribution < -0.4 is 10.6 Å². The van der Waals surface area contributed by atoms with E-state index in [0.29, 0.717) is 19.5 Å². The Bertz CT molecular complexity index is 698. The summed E-state index contributed by atoms with van der Waals surface area (Å²) in [6.07, 6.45) is 11.3. The molecule has 29 heavy (non-hydrogen) atoms. The summed E-state index contributed by atoms with van der Waals surface area (Å²) in [6, 6.07) is 3.85. The van der Waals surface area contributed by atoms with Crippen LogP contribution >= 0.6 is 0 Å². The van der Waals surface area contributed by atoms with Crippen LogP contribution in [-0.2, 0) is 11.3 Å². The smallest absolute Gasteiger partial charge is 0.315 e. The minimum Gasteiger partial charge on any atom is -0.338 e. The highest BCUT2D eigenvalue weighted by Gasteiger charge is 2.51. The topological polar surface area (TPSA) is 74.3 Å². The van der Waals surface area contributed by atoms with E-state index in [0.717, 1.165) is 42.6 Å². The Morgan fingerprint density at radius 1 is 1.17 bits per heavy atom. The summed E-state index contributed by atoms with van der Waals surface area (Å²) in [6.45, 7) is 4.94. The van der Waals surface area contributed by atoms with Crippen molar-refractivity contribution in [2.75, 3.05) is 6.54 Å². The van der Waals surface area contributed by atoms with Gasteiger partial charge in [-0.05, 0) is 81.8 Å². The highest BCUT2D eigenvalue weighted by molar-refractivity contribution is 5.79. The lowest BCUT2D eigenvalue weighted by atomic mass is 9.53. The van der Waals surface area contributed by atoms with Gasteiger partial charge in [-0.25, -0.2) is 4.79 Å². The van der Waals surface area contributed by atoms with E-state index in [1.54, 1.807) is 12.4 Å². The molecule has 4 aliphatic rings. The summed E-state index contributed by atoms with van der Waals surface area (Å²) in [5, 5.41) is 6.24. The van der Waals surface area contributed by atoms with Crippen molar-refractivity contribution in [2.45, 2.75) is 76.9 Å². The Kier molecular flexibility index (Phi) is 5.79. The molecule has 5 rings (SSSR count). The second-order valence-corrected chi connectivity index (χ2v) is 9.81. The molecule has 0 radical (unpaired) electrons. The lowest BCUT2D eigenvalue weighted by molar-refractivity contribution is -0.133. The fraction of sp³-hybridized carbons (Fsp3) is 0.696. The zero-order valence-corrected chi connectivity index (χ0v) is 17.7. The van der Waals surface area contributed by atoms with E-state index < -0.39 is 0 Å². The van der Waals surface area contributed by atoms with Gasteiger partial charge in [-0.2, -0.15) is 0 Å². The van der Waals surface area contributed by atoms with E-state index in [2.05, 4.69) is 15.6 Å². The molecule has 0 spiro atoms. The van der Waals surface area contributed by atoms with Crippen LogP contribution in [0.4, 0.5) is 4.79 Å². The lowest BCUT2D eigenvalue weighted by Gasteiger charge is -2.56. The van der Waals surface area contributed by atoms with E-state index in [1.807, 2.05) is 30.9 Å². The van der Waals surface area contributed by atoms with Gasteiger partial charge in [0.25, 0.3) is 0 Å². The standard InChI is InChI=1S/C23H34N4O2/c1-16(2)27(15-17-4-3-6-24-14-17)21(28)5-7-25-22(29)26-23-11-18-8-19(12-23)10-20(9-18)13-23/h3-4,6,14,16,18-20H,5,7-13,15H2,1-2H3,(H2,25,26,29). The number of urea groups is 1. The second-order valence-electron chi connectivity index (χ2n) is 9.81. The van der Waals surface area contributed by atoms with Crippen molar-refractivity contribution in [3.63, 3.8) is 0 Å². The quantitative estimate of drug-likeness (QED) is 0.738. The third kappa shape index (κ3) is 4.73.